The first-order chi connectivity index (χ1) is 9.53. The topological polar surface area (TPSA) is 46.2 Å². The quantitative estimate of drug-likeness (QED) is 0.825. The van der Waals surface area contributed by atoms with E-state index in [1.165, 1.54) is 0 Å². The van der Waals surface area contributed by atoms with E-state index in [2.05, 4.69) is 4.72 Å². The minimum Gasteiger partial charge on any atom is -0.211 e. The van der Waals surface area contributed by atoms with Gasteiger partial charge in [0.05, 0.1) is 4.90 Å². The highest BCUT2D eigenvalue weighted by molar-refractivity contribution is 7.89. The largest absolute Gasteiger partial charge is 0.240 e. The standard InChI is InChI=1S/C14H15Cl2NO2S/c15-10-13(16)7-8-17-20(18,19)14-6-5-11-3-1-2-4-12(11)9-14/h1-6,9,13,17H,7-8,10H2. The Hall–Kier alpha value is -0.810. The molecule has 20 heavy (non-hydrogen) atoms. The van der Waals surface area contributed by atoms with Crippen molar-refractivity contribution in [2.24, 2.45) is 0 Å². The van der Waals surface area contributed by atoms with E-state index in [1.54, 1.807) is 18.2 Å². The van der Waals surface area contributed by atoms with Gasteiger partial charge in [-0.15, -0.1) is 23.2 Å². The Bertz CT molecular complexity index is 688. The molecule has 0 amide bonds. The number of sulfonamides is 1. The number of nitrogens with one attached hydrogen (secondary N) is 1. The van der Waals surface area contributed by atoms with Crippen LogP contribution in [0.5, 0.6) is 0 Å². The van der Waals surface area contributed by atoms with Crippen molar-refractivity contribution in [3.63, 3.8) is 0 Å². The van der Waals surface area contributed by atoms with Crippen molar-refractivity contribution in [1.29, 1.82) is 0 Å². The molecule has 0 radical (unpaired) electrons. The lowest BCUT2D eigenvalue weighted by molar-refractivity contribution is 0.579. The summed E-state index contributed by atoms with van der Waals surface area (Å²) in [5.74, 6) is 0.305. The van der Waals surface area contributed by atoms with Gasteiger partial charge in [-0.3, -0.25) is 0 Å². The molecule has 0 saturated carbocycles. The number of hydrogen-bond donors (Lipinski definition) is 1. The van der Waals surface area contributed by atoms with Crippen molar-refractivity contribution in [2.75, 3.05) is 12.4 Å². The molecule has 0 aliphatic carbocycles. The maximum absolute atomic E-state index is 12.2. The number of halogens is 2. The van der Waals surface area contributed by atoms with Crippen LogP contribution >= 0.6 is 23.2 Å². The monoisotopic (exact) mass is 331 g/mol. The zero-order valence-corrected chi connectivity index (χ0v) is 13.0. The molecular weight excluding hydrogens is 317 g/mol. The Morgan fingerprint density at radius 2 is 1.80 bits per heavy atom. The summed E-state index contributed by atoms with van der Waals surface area (Å²) in [6, 6.07) is 12.7. The summed E-state index contributed by atoms with van der Waals surface area (Å²) in [6.45, 7) is 0.274. The molecule has 0 aromatic heterocycles. The molecule has 0 aliphatic rings. The van der Waals surface area contributed by atoms with Gasteiger partial charge in [0.2, 0.25) is 10.0 Å². The predicted octanol–water partition coefficient (Wildman–Crippen LogP) is 3.35. The third kappa shape index (κ3) is 3.85. The van der Waals surface area contributed by atoms with Crippen LogP contribution in [0.15, 0.2) is 47.4 Å². The fourth-order valence-electron chi connectivity index (χ4n) is 1.84. The van der Waals surface area contributed by atoms with Crippen molar-refractivity contribution >= 4 is 44.0 Å². The zero-order chi connectivity index (χ0) is 14.6. The van der Waals surface area contributed by atoms with E-state index in [-0.39, 0.29) is 16.8 Å². The van der Waals surface area contributed by atoms with Crippen LogP contribution in [0.25, 0.3) is 10.8 Å². The molecule has 0 saturated heterocycles. The summed E-state index contributed by atoms with van der Waals surface area (Å²) in [5, 5.41) is 1.68. The van der Waals surface area contributed by atoms with Gasteiger partial charge in [0, 0.05) is 17.8 Å². The second kappa shape index (κ2) is 6.76. The molecular formula is C14H15Cl2NO2S. The van der Waals surface area contributed by atoms with Crippen LogP contribution < -0.4 is 4.72 Å². The van der Waals surface area contributed by atoms with Crippen molar-refractivity contribution in [2.45, 2.75) is 16.7 Å². The van der Waals surface area contributed by atoms with Gasteiger partial charge in [0.1, 0.15) is 0 Å². The SMILES string of the molecule is O=S(=O)(NCCC(Cl)CCl)c1ccc2ccccc2c1. The molecule has 1 N–H and O–H groups in total. The lowest BCUT2D eigenvalue weighted by atomic mass is 10.1. The van der Waals surface area contributed by atoms with E-state index < -0.39 is 10.0 Å². The Morgan fingerprint density at radius 3 is 2.50 bits per heavy atom. The van der Waals surface area contributed by atoms with Gasteiger partial charge in [0.25, 0.3) is 0 Å². The summed E-state index contributed by atoms with van der Waals surface area (Å²) >= 11 is 11.4. The molecule has 0 aliphatic heterocycles. The summed E-state index contributed by atoms with van der Waals surface area (Å²) in [5.41, 5.74) is 0. The summed E-state index contributed by atoms with van der Waals surface area (Å²) < 4.78 is 26.9. The Morgan fingerprint density at radius 1 is 1.10 bits per heavy atom. The van der Waals surface area contributed by atoms with Crippen LogP contribution in [-0.2, 0) is 10.0 Å². The second-order valence-corrected chi connectivity index (χ2v) is 7.14. The third-order valence-corrected chi connectivity index (χ3v) is 5.31. The number of fused-ring (bicyclic) bond motifs is 1. The molecule has 0 heterocycles. The van der Waals surface area contributed by atoms with Crippen LogP contribution in [-0.4, -0.2) is 26.2 Å². The lowest BCUT2D eigenvalue weighted by Crippen LogP contribution is -2.26. The highest BCUT2D eigenvalue weighted by Gasteiger charge is 2.14. The fourth-order valence-corrected chi connectivity index (χ4v) is 3.19. The third-order valence-electron chi connectivity index (χ3n) is 2.95. The molecule has 0 bridgehead atoms. The average Bonchev–Trinajstić information content (AvgIpc) is 2.46. The average molecular weight is 332 g/mol. The molecule has 0 spiro atoms. The maximum Gasteiger partial charge on any atom is 0.240 e. The molecule has 2 aromatic carbocycles. The molecule has 1 unspecified atom stereocenters. The van der Waals surface area contributed by atoms with Crippen LogP contribution in [0.1, 0.15) is 6.42 Å². The fraction of sp³-hybridized carbons (Fsp3) is 0.286. The van der Waals surface area contributed by atoms with Crippen LogP contribution in [0.2, 0.25) is 0 Å². The van der Waals surface area contributed by atoms with E-state index in [4.69, 9.17) is 23.2 Å². The first kappa shape index (κ1) is 15.6. The number of benzene rings is 2. The summed E-state index contributed by atoms with van der Waals surface area (Å²) in [6.07, 6.45) is 0.498. The Labute approximate surface area is 128 Å². The van der Waals surface area contributed by atoms with Gasteiger partial charge in [-0.1, -0.05) is 30.3 Å². The molecule has 1 atom stereocenters. The first-order valence-corrected chi connectivity index (χ1v) is 8.67. The lowest BCUT2D eigenvalue weighted by Gasteiger charge is -2.09. The van der Waals surface area contributed by atoms with Gasteiger partial charge in [0.15, 0.2) is 0 Å². The highest BCUT2D eigenvalue weighted by atomic mass is 35.5. The molecule has 108 valence electrons. The van der Waals surface area contributed by atoms with E-state index >= 15 is 0 Å². The zero-order valence-electron chi connectivity index (χ0n) is 10.7. The van der Waals surface area contributed by atoms with Gasteiger partial charge in [-0.05, 0) is 29.3 Å². The van der Waals surface area contributed by atoms with E-state index in [1.807, 2.05) is 24.3 Å². The van der Waals surface area contributed by atoms with Gasteiger partial charge in [-0.2, -0.15) is 0 Å². The van der Waals surface area contributed by atoms with Crippen molar-refractivity contribution in [1.82, 2.24) is 4.72 Å². The van der Waals surface area contributed by atoms with Crippen molar-refractivity contribution in [3.05, 3.63) is 42.5 Å². The molecule has 2 rings (SSSR count). The molecule has 3 nitrogen and oxygen atoms in total. The molecule has 2 aromatic rings. The van der Waals surface area contributed by atoms with Crippen LogP contribution in [0.3, 0.4) is 0 Å². The summed E-state index contributed by atoms with van der Waals surface area (Å²) in [7, 11) is -3.51. The number of alkyl halides is 2. The minimum atomic E-state index is -3.51. The van der Waals surface area contributed by atoms with E-state index in [9.17, 15) is 8.42 Å². The Kier molecular flexibility index (Phi) is 5.27. The van der Waals surface area contributed by atoms with E-state index in [0.29, 0.717) is 12.3 Å². The van der Waals surface area contributed by atoms with Gasteiger partial charge in [-0.25, -0.2) is 13.1 Å². The van der Waals surface area contributed by atoms with E-state index in [0.717, 1.165) is 10.8 Å². The molecule has 6 heteroatoms. The van der Waals surface area contributed by atoms with Crippen molar-refractivity contribution in [3.8, 4) is 0 Å². The highest BCUT2D eigenvalue weighted by Crippen LogP contribution is 2.18. The van der Waals surface area contributed by atoms with Crippen molar-refractivity contribution < 1.29 is 8.42 Å². The molecule has 0 fully saturated rings. The normalized spacial score (nSPS) is 13.5. The minimum absolute atomic E-state index is 0.226. The van der Waals surface area contributed by atoms with Crippen LogP contribution in [0, 0.1) is 0 Å². The predicted molar refractivity (Wildman–Crippen MR) is 84.1 cm³/mol. The Balaban J connectivity index is 2.15. The second-order valence-electron chi connectivity index (χ2n) is 4.45. The maximum atomic E-state index is 12.2. The van der Waals surface area contributed by atoms with Gasteiger partial charge >= 0.3 is 0 Å². The smallest absolute Gasteiger partial charge is 0.211 e. The number of hydrogen-bond acceptors (Lipinski definition) is 2. The van der Waals surface area contributed by atoms with Crippen LogP contribution in [0.4, 0.5) is 0 Å². The summed E-state index contributed by atoms with van der Waals surface area (Å²) in [4.78, 5) is 0.258. The number of rotatable bonds is 6. The van der Waals surface area contributed by atoms with Gasteiger partial charge < -0.3 is 0 Å². The first-order valence-electron chi connectivity index (χ1n) is 6.21.